The van der Waals surface area contributed by atoms with E-state index in [0.29, 0.717) is 6.04 Å². The van der Waals surface area contributed by atoms with Crippen LogP contribution in [0.4, 0.5) is 0 Å². The average molecular weight is 258 g/mol. The van der Waals surface area contributed by atoms with Crippen molar-refractivity contribution in [2.45, 2.75) is 19.4 Å². The fourth-order valence-corrected chi connectivity index (χ4v) is 1.53. The van der Waals surface area contributed by atoms with Crippen molar-refractivity contribution >= 4 is 15.9 Å². The Hall–Kier alpha value is -0.380. The van der Waals surface area contributed by atoms with Gasteiger partial charge in [-0.25, -0.2) is 0 Å². The van der Waals surface area contributed by atoms with Gasteiger partial charge in [-0.3, -0.25) is 0 Å². The van der Waals surface area contributed by atoms with Crippen LogP contribution in [0.3, 0.4) is 0 Å². The van der Waals surface area contributed by atoms with Crippen LogP contribution in [0.1, 0.15) is 24.9 Å². The summed E-state index contributed by atoms with van der Waals surface area (Å²) in [4.78, 5) is 0. The normalized spacial score (nSPS) is 12.8. The number of aliphatic hydroxyl groups excluding tert-OH is 1. The molecule has 0 spiro atoms. The fraction of sp³-hybridized carbons (Fsp3) is 0.455. The van der Waals surface area contributed by atoms with Crippen LogP contribution in [0.15, 0.2) is 28.7 Å². The highest BCUT2D eigenvalue weighted by Gasteiger charge is 2.02. The molecule has 0 aliphatic carbocycles. The maximum Gasteiger partial charge on any atom is 0.0443 e. The molecular weight excluding hydrogens is 242 g/mol. The summed E-state index contributed by atoms with van der Waals surface area (Å²) in [6.07, 6.45) is 0.806. The third-order valence-electron chi connectivity index (χ3n) is 2.16. The number of aliphatic hydroxyl groups is 1. The van der Waals surface area contributed by atoms with Crippen molar-refractivity contribution < 1.29 is 5.11 Å². The predicted octanol–water partition coefficient (Wildman–Crippen LogP) is 2.48. The van der Waals surface area contributed by atoms with E-state index in [2.05, 4.69) is 40.3 Å². The zero-order valence-electron chi connectivity index (χ0n) is 8.33. The maximum absolute atomic E-state index is 8.64. The molecule has 1 aromatic rings. The number of hydrogen-bond acceptors (Lipinski definition) is 2. The standard InChI is InChI=1S/C11H16BrNO/c1-9(13-7-2-8-14)10-3-5-11(12)6-4-10/h3-6,9,13-14H,2,7-8H2,1H3. The van der Waals surface area contributed by atoms with Crippen molar-refractivity contribution in [3.8, 4) is 0 Å². The zero-order valence-corrected chi connectivity index (χ0v) is 9.92. The average Bonchev–Trinajstić information content (AvgIpc) is 2.19. The van der Waals surface area contributed by atoms with Crippen molar-refractivity contribution in [3.05, 3.63) is 34.3 Å². The fourth-order valence-electron chi connectivity index (χ4n) is 1.27. The van der Waals surface area contributed by atoms with E-state index in [9.17, 15) is 0 Å². The van der Waals surface area contributed by atoms with Crippen molar-refractivity contribution in [2.24, 2.45) is 0 Å². The van der Waals surface area contributed by atoms with Crippen LogP contribution in [0, 0.1) is 0 Å². The number of nitrogens with one attached hydrogen (secondary N) is 1. The molecule has 14 heavy (non-hydrogen) atoms. The summed E-state index contributed by atoms with van der Waals surface area (Å²) < 4.78 is 1.10. The van der Waals surface area contributed by atoms with E-state index in [1.54, 1.807) is 0 Å². The van der Waals surface area contributed by atoms with Gasteiger partial charge in [-0.1, -0.05) is 28.1 Å². The molecule has 0 aliphatic rings. The zero-order chi connectivity index (χ0) is 10.4. The molecule has 0 bridgehead atoms. The monoisotopic (exact) mass is 257 g/mol. The summed E-state index contributed by atoms with van der Waals surface area (Å²) in [5.41, 5.74) is 1.27. The summed E-state index contributed by atoms with van der Waals surface area (Å²) in [6, 6.07) is 8.62. The first-order valence-electron chi connectivity index (χ1n) is 4.83. The predicted molar refractivity (Wildman–Crippen MR) is 62.3 cm³/mol. The summed E-state index contributed by atoms with van der Waals surface area (Å²) in [6.45, 7) is 3.23. The summed E-state index contributed by atoms with van der Waals surface area (Å²) in [5.74, 6) is 0. The van der Waals surface area contributed by atoms with Crippen molar-refractivity contribution in [3.63, 3.8) is 0 Å². The van der Waals surface area contributed by atoms with Gasteiger partial charge in [0.2, 0.25) is 0 Å². The van der Waals surface area contributed by atoms with Crippen molar-refractivity contribution in [1.82, 2.24) is 5.32 Å². The molecule has 1 rings (SSSR count). The number of rotatable bonds is 5. The Morgan fingerprint density at radius 2 is 2.00 bits per heavy atom. The Labute approximate surface area is 93.5 Å². The Kier molecular flexibility index (Phi) is 5.15. The Morgan fingerprint density at radius 3 is 2.57 bits per heavy atom. The molecule has 0 aliphatic heterocycles. The first-order chi connectivity index (χ1) is 6.74. The van der Waals surface area contributed by atoms with Crippen LogP contribution < -0.4 is 5.32 Å². The van der Waals surface area contributed by atoms with Gasteiger partial charge in [0.1, 0.15) is 0 Å². The minimum absolute atomic E-state index is 0.250. The first kappa shape index (κ1) is 11.7. The second-order valence-corrected chi connectivity index (χ2v) is 4.22. The van der Waals surface area contributed by atoms with Crippen molar-refractivity contribution in [2.75, 3.05) is 13.2 Å². The van der Waals surface area contributed by atoms with Crippen LogP contribution in [0.25, 0.3) is 0 Å². The Morgan fingerprint density at radius 1 is 1.36 bits per heavy atom. The molecule has 1 aromatic carbocycles. The van der Waals surface area contributed by atoms with E-state index in [1.807, 2.05) is 12.1 Å². The second-order valence-electron chi connectivity index (χ2n) is 3.30. The quantitative estimate of drug-likeness (QED) is 0.795. The molecular formula is C11H16BrNO. The van der Waals surface area contributed by atoms with Crippen LogP contribution >= 0.6 is 15.9 Å². The van der Waals surface area contributed by atoms with E-state index in [-0.39, 0.29) is 6.61 Å². The molecule has 0 aromatic heterocycles. The largest absolute Gasteiger partial charge is 0.396 e. The van der Waals surface area contributed by atoms with E-state index >= 15 is 0 Å². The third-order valence-corrected chi connectivity index (χ3v) is 2.68. The molecule has 0 saturated heterocycles. The molecule has 2 N–H and O–H groups in total. The molecule has 0 fully saturated rings. The van der Waals surface area contributed by atoms with Crippen LogP contribution in [-0.4, -0.2) is 18.3 Å². The van der Waals surface area contributed by atoms with Crippen LogP contribution in [0.2, 0.25) is 0 Å². The SMILES string of the molecule is CC(NCCCO)c1ccc(Br)cc1. The lowest BCUT2D eigenvalue weighted by Gasteiger charge is -2.13. The highest BCUT2D eigenvalue weighted by Crippen LogP contribution is 2.16. The number of hydrogen-bond donors (Lipinski definition) is 2. The first-order valence-corrected chi connectivity index (χ1v) is 5.63. The van der Waals surface area contributed by atoms with Gasteiger partial charge < -0.3 is 10.4 Å². The summed E-state index contributed by atoms with van der Waals surface area (Å²) in [5, 5.41) is 12.0. The lowest BCUT2D eigenvalue weighted by Crippen LogP contribution is -2.20. The van der Waals surface area contributed by atoms with Crippen LogP contribution in [-0.2, 0) is 0 Å². The number of benzene rings is 1. The highest BCUT2D eigenvalue weighted by atomic mass is 79.9. The highest BCUT2D eigenvalue weighted by molar-refractivity contribution is 9.10. The van der Waals surface area contributed by atoms with Crippen molar-refractivity contribution in [1.29, 1.82) is 0 Å². The lowest BCUT2D eigenvalue weighted by atomic mass is 10.1. The van der Waals surface area contributed by atoms with E-state index in [4.69, 9.17) is 5.11 Å². The molecule has 2 nitrogen and oxygen atoms in total. The van der Waals surface area contributed by atoms with Gasteiger partial charge in [0.05, 0.1) is 0 Å². The molecule has 1 unspecified atom stereocenters. The molecule has 3 heteroatoms. The van der Waals surface area contributed by atoms with Gasteiger partial charge in [0.15, 0.2) is 0 Å². The van der Waals surface area contributed by atoms with Gasteiger partial charge in [-0.2, -0.15) is 0 Å². The second kappa shape index (κ2) is 6.17. The topological polar surface area (TPSA) is 32.3 Å². The molecule has 0 heterocycles. The van der Waals surface area contributed by atoms with E-state index < -0.39 is 0 Å². The van der Waals surface area contributed by atoms with Gasteiger partial charge in [-0.15, -0.1) is 0 Å². The third kappa shape index (κ3) is 3.78. The molecule has 1 atom stereocenters. The van der Waals surface area contributed by atoms with E-state index in [0.717, 1.165) is 17.4 Å². The Bertz CT molecular complexity index is 260. The number of halogens is 1. The molecule has 0 amide bonds. The smallest absolute Gasteiger partial charge is 0.0443 e. The summed E-state index contributed by atoms with van der Waals surface area (Å²) >= 11 is 3.40. The minimum atomic E-state index is 0.250. The van der Waals surface area contributed by atoms with Gasteiger partial charge in [0.25, 0.3) is 0 Å². The van der Waals surface area contributed by atoms with E-state index in [1.165, 1.54) is 5.56 Å². The molecule has 0 radical (unpaired) electrons. The molecule has 78 valence electrons. The minimum Gasteiger partial charge on any atom is -0.396 e. The van der Waals surface area contributed by atoms with Gasteiger partial charge in [-0.05, 0) is 37.6 Å². The Balaban J connectivity index is 2.43. The molecule has 0 saturated carbocycles. The van der Waals surface area contributed by atoms with Crippen LogP contribution in [0.5, 0.6) is 0 Å². The van der Waals surface area contributed by atoms with Gasteiger partial charge >= 0.3 is 0 Å². The van der Waals surface area contributed by atoms with Gasteiger partial charge in [0, 0.05) is 17.1 Å². The lowest BCUT2D eigenvalue weighted by molar-refractivity contribution is 0.284. The summed E-state index contributed by atoms with van der Waals surface area (Å²) in [7, 11) is 0. The maximum atomic E-state index is 8.64.